The maximum absolute atomic E-state index is 13.3. The van der Waals surface area contributed by atoms with E-state index in [4.69, 9.17) is 10.5 Å². The highest BCUT2D eigenvalue weighted by Crippen LogP contribution is 2.24. The van der Waals surface area contributed by atoms with E-state index in [9.17, 15) is 20.1 Å². The minimum Gasteiger partial charge on any atom is -0.394 e. The van der Waals surface area contributed by atoms with Crippen molar-refractivity contribution in [3.8, 4) is 0 Å². The molecule has 5 N–H and O–H groups in total. The first-order valence-corrected chi connectivity index (χ1v) is 16.6. The summed E-state index contributed by atoms with van der Waals surface area (Å²) in [5.41, 5.74) is 6.24. The van der Waals surface area contributed by atoms with Crippen LogP contribution in [0, 0.1) is 0 Å². The lowest BCUT2D eigenvalue weighted by atomic mass is 9.95. The number of ether oxygens (including phenoxy) is 1. The molecule has 0 spiro atoms. The molecule has 0 radical (unpaired) electrons. The Bertz CT molecular complexity index is 577. The second-order valence-electron chi connectivity index (χ2n) is 11.9. The van der Waals surface area contributed by atoms with Crippen LogP contribution in [0.25, 0.3) is 0 Å². The number of aliphatic hydroxyl groups is 3. The third kappa shape index (κ3) is 15.7. The van der Waals surface area contributed by atoms with E-state index in [-0.39, 0.29) is 5.91 Å². The molecule has 39 heavy (non-hydrogen) atoms. The summed E-state index contributed by atoms with van der Waals surface area (Å²) in [5, 5.41) is 30.3. The van der Waals surface area contributed by atoms with Gasteiger partial charge in [0.15, 0.2) is 6.23 Å². The fourth-order valence-corrected chi connectivity index (χ4v) is 5.65. The monoisotopic (exact) mass is 556 g/mol. The number of amides is 1. The predicted molar refractivity (Wildman–Crippen MR) is 160 cm³/mol. The number of hydrogen-bond donors (Lipinski definition) is 4. The van der Waals surface area contributed by atoms with Crippen molar-refractivity contribution in [2.45, 2.75) is 186 Å². The zero-order valence-electron chi connectivity index (χ0n) is 25.5. The third-order valence-corrected chi connectivity index (χ3v) is 8.32. The fourth-order valence-electron chi connectivity index (χ4n) is 5.65. The molecule has 1 saturated heterocycles. The molecule has 232 valence electrons. The SMILES string of the molecule is CCCCCCCCCCCCCCN(C(=O)CCCCCCCCCCC)[C@@H]1O[C@H](CO)[C@@H](O)[C@H](O)[C@H]1N. The van der Waals surface area contributed by atoms with Crippen LogP contribution >= 0.6 is 0 Å². The highest BCUT2D eigenvalue weighted by molar-refractivity contribution is 5.76. The van der Waals surface area contributed by atoms with E-state index in [1.165, 1.54) is 96.3 Å². The van der Waals surface area contributed by atoms with Gasteiger partial charge in [0, 0.05) is 13.0 Å². The van der Waals surface area contributed by atoms with E-state index in [0.717, 1.165) is 38.5 Å². The van der Waals surface area contributed by atoms with Crippen LogP contribution in [-0.4, -0.2) is 69.9 Å². The molecular weight excluding hydrogens is 492 g/mol. The van der Waals surface area contributed by atoms with Gasteiger partial charge in [-0.2, -0.15) is 0 Å². The molecule has 1 rings (SSSR count). The maximum atomic E-state index is 13.3. The Labute approximate surface area is 240 Å². The van der Waals surface area contributed by atoms with Crippen molar-refractivity contribution in [3.05, 3.63) is 0 Å². The van der Waals surface area contributed by atoms with Crippen LogP contribution in [0.3, 0.4) is 0 Å². The smallest absolute Gasteiger partial charge is 0.224 e. The second-order valence-corrected chi connectivity index (χ2v) is 11.9. The minimum atomic E-state index is -1.26. The zero-order valence-corrected chi connectivity index (χ0v) is 25.5. The van der Waals surface area contributed by atoms with Gasteiger partial charge in [0.25, 0.3) is 0 Å². The van der Waals surface area contributed by atoms with Crippen molar-refractivity contribution in [1.82, 2.24) is 4.90 Å². The zero-order chi connectivity index (χ0) is 28.7. The molecule has 1 heterocycles. The van der Waals surface area contributed by atoms with Crippen LogP contribution in [0.2, 0.25) is 0 Å². The summed E-state index contributed by atoms with van der Waals surface area (Å²) < 4.78 is 5.88. The van der Waals surface area contributed by atoms with E-state index in [1.807, 2.05) is 0 Å². The summed E-state index contributed by atoms with van der Waals surface area (Å²) in [4.78, 5) is 15.0. The van der Waals surface area contributed by atoms with Crippen molar-refractivity contribution in [1.29, 1.82) is 0 Å². The van der Waals surface area contributed by atoms with Crippen LogP contribution in [-0.2, 0) is 9.53 Å². The topological polar surface area (TPSA) is 116 Å². The van der Waals surface area contributed by atoms with Gasteiger partial charge in [-0.05, 0) is 12.8 Å². The average molecular weight is 557 g/mol. The number of hydrogen-bond acceptors (Lipinski definition) is 6. The normalized spacial score (nSPS) is 23.3. The number of unbranched alkanes of at least 4 members (excludes halogenated alkanes) is 19. The molecule has 0 saturated carbocycles. The fraction of sp³-hybridized carbons (Fsp3) is 0.969. The van der Waals surface area contributed by atoms with E-state index in [2.05, 4.69) is 13.8 Å². The molecule has 0 aliphatic carbocycles. The Morgan fingerprint density at radius 1 is 0.667 bits per heavy atom. The molecule has 1 amide bonds. The van der Waals surface area contributed by atoms with Gasteiger partial charge < -0.3 is 30.7 Å². The summed E-state index contributed by atoms with van der Waals surface area (Å²) in [6, 6.07) is -0.910. The highest BCUT2D eigenvalue weighted by Gasteiger charge is 2.45. The largest absolute Gasteiger partial charge is 0.394 e. The van der Waals surface area contributed by atoms with E-state index in [0.29, 0.717) is 13.0 Å². The molecule has 7 nitrogen and oxygen atoms in total. The lowest BCUT2D eigenvalue weighted by Gasteiger charge is -2.45. The van der Waals surface area contributed by atoms with Crippen molar-refractivity contribution in [3.63, 3.8) is 0 Å². The molecule has 0 aromatic rings. The Kier molecular flexibility index (Phi) is 22.3. The summed E-state index contributed by atoms with van der Waals surface area (Å²) in [7, 11) is 0. The van der Waals surface area contributed by atoms with Gasteiger partial charge in [-0.15, -0.1) is 0 Å². The van der Waals surface area contributed by atoms with Gasteiger partial charge in [0.1, 0.15) is 18.3 Å². The molecule has 0 aromatic heterocycles. The van der Waals surface area contributed by atoms with Gasteiger partial charge in [-0.25, -0.2) is 0 Å². The van der Waals surface area contributed by atoms with Crippen LogP contribution in [0.1, 0.15) is 155 Å². The van der Waals surface area contributed by atoms with E-state index < -0.39 is 37.2 Å². The van der Waals surface area contributed by atoms with Crippen molar-refractivity contribution >= 4 is 5.91 Å². The molecule has 5 atom stereocenters. The Morgan fingerprint density at radius 3 is 1.51 bits per heavy atom. The summed E-state index contributed by atoms with van der Waals surface area (Å²) in [6.45, 7) is 4.58. The second kappa shape index (κ2) is 23.9. The number of rotatable bonds is 25. The Morgan fingerprint density at radius 2 is 1.08 bits per heavy atom. The summed E-state index contributed by atoms with van der Waals surface area (Å²) >= 11 is 0. The van der Waals surface area contributed by atoms with Crippen molar-refractivity contribution in [2.75, 3.05) is 13.2 Å². The first kappa shape index (κ1) is 36.3. The standard InChI is InChI=1S/C32H64N2O5/c1-3-5-7-9-11-13-14-15-17-19-21-23-25-34(32-29(33)31(38)30(37)27(26-35)39-32)28(36)24-22-20-18-16-12-10-8-6-4-2/h27,29-32,35,37-38H,3-26,33H2,1-2H3/t27-,29-,30-,31-,32-/m1/s1. The van der Waals surface area contributed by atoms with Crippen LogP contribution in [0.15, 0.2) is 0 Å². The lowest BCUT2D eigenvalue weighted by molar-refractivity contribution is -0.226. The number of nitrogens with two attached hydrogens (primary N) is 1. The molecule has 1 aliphatic heterocycles. The Hall–Kier alpha value is -0.730. The van der Waals surface area contributed by atoms with Gasteiger partial charge >= 0.3 is 0 Å². The van der Waals surface area contributed by atoms with Gasteiger partial charge in [0.2, 0.25) is 5.91 Å². The highest BCUT2D eigenvalue weighted by atomic mass is 16.5. The molecule has 0 unspecified atom stereocenters. The Balaban J connectivity index is 2.44. The number of carbonyl (C=O) groups excluding carboxylic acids is 1. The van der Waals surface area contributed by atoms with E-state index in [1.54, 1.807) is 4.90 Å². The maximum Gasteiger partial charge on any atom is 0.224 e. The molecule has 0 aromatic carbocycles. The quantitative estimate of drug-likeness (QED) is 0.0995. The molecule has 7 heteroatoms. The number of carbonyl (C=O) groups is 1. The van der Waals surface area contributed by atoms with Gasteiger partial charge in [-0.1, -0.05) is 136 Å². The minimum absolute atomic E-state index is 0.0123. The number of aliphatic hydroxyl groups excluding tert-OH is 3. The summed E-state index contributed by atoms with van der Waals surface area (Å²) in [6.07, 6.45) is 21.8. The molecule has 1 fully saturated rings. The number of nitrogens with zero attached hydrogens (tertiary/aromatic N) is 1. The van der Waals surface area contributed by atoms with Crippen molar-refractivity contribution in [2.24, 2.45) is 5.73 Å². The van der Waals surface area contributed by atoms with Gasteiger partial charge in [-0.3, -0.25) is 4.79 Å². The van der Waals surface area contributed by atoms with Crippen LogP contribution in [0.4, 0.5) is 0 Å². The molecule has 1 aliphatic rings. The third-order valence-electron chi connectivity index (χ3n) is 8.32. The predicted octanol–water partition coefficient (Wildman–Crippen LogP) is 6.20. The van der Waals surface area contributed by atoms with Gasteiger partial charge in [0.05, 0.1) is 12.6 Å². The first-order chi connectivity index (χ1) is 19.0. The van der Waals surface area contributed by atoms with E-state index >= 15 is 0 Å². The van der Waals surface area contributed by atoms with Crippen LogP contribution in [0.5, 0.6) is 0 Å². The summed E-state index contributed by atoms with van der Waals surface area (Å²) in [5.74, 6) is -0.0123. The van der Waals surface area contributed by atoms with Crippen LogP contribution < -0.4 is 5.73 Å². The average Bonchev–Trinajstić information content (AvgIpc) is 2.94. The molecular formula is C32H64N2O5. The lowest BCUT2D eigenvalue weighted by Crippen LogP contribution is -2.67. The molecule has 0 bridgehead atoms. The first-order valence-electron chi connectivity index (χ1n) is 16.6. The van der Waals surface area contributed by atoms with Crippen molar-refractivity contribution < 1.29 is 24.9 Å².